The fraction of sp³-hybridized carbons (Fsp3) is 0.692. The maximum atomic E-state index is 11.1. The standard InChI is InChI=1S/C13H20N2O3S/c1-13(2,11(16)17)10-8-19-12(15-10)14-6-5-9-4-3-7-18-9/h8-9H,3-7H2,1-2H3,(H,14,15)(H,16,17). The normalized spacial score (nSPS) is 19.6. The number of aliphatic carboxylic acids is 1. The summed E-state index contributed by atoms with van der Waals surface area (Å²) < 4.78 is 5.55. The summed E-state index contributed by atoms with van der Waals surface area (Å²) in [5.41, 5.74) is -0.338. The van der Waals surface area contributed by atoms with E-state index in [-0.39, 0.29) is 0 Å². The van der Waals surface area contributed by atoms with E-state index in [1.165, 1.54) is 11.3 Å². The number of carbonyl (C=O) groups is 1. The van der Waals surface area contributed by atoms with Crippen molar-refractivity contribution in [3.8, 4) is 0 Å². The first-order chi connectivity index (χ1) is 9.00. The van der Waals surface area contributed by atoms with Crippen LogP contribution in [0, 0.1) is 0 Å². The van der Waals surface area contributed by atoms with Gasteiger partial charge in [-0.15, -0.1) is 11.3 Å². The second-order valence-corrected chi connectivity index (χ2v) is 6.18. The minimum Gasteiger partial charge on any atom is -0.481 e. The van der Waals surface area contributed by atoms with Crippen molar-refractivity contribution in [2.24, 2.45) is 0 Å². The van der Waals surface area contributed by atoms with Crippen molar-refractivity contribution >= 4 is 22.4 Å². The Balaban J connectivity index is 1.85. The van der Waals surface area contributed by atoms with E-state index in [9.17, 15) is 4.79 Å². The van der Waals surface area contributed by atoms with Crippen LogP contribution in [0.25, 0.3) is 0 Å². The molecule has 1 aliphatic rings. The molecule has 1 aliphatic heterocycles. The summed E-state index contributed by atoms with van der Waals surface area (Å²) in [6, 6.07) is 0. The van der Waals surface area contributed by atoms with Gasteiger partial charge in [-0.3, -0.25) is 4.79 Å². The molecule has 1 aromatic rings. The summed E-state index contributed by atoms with van der Waals surface area (Å²) >= 11 is 1.45. The fourth-order valence-corrected chi connectivity index (χ4v) is 2.87. The Morgan fingerprint density at radius 3 is 3.11 bits per heavy atom. The van der Waals surface area contributed by atoms with Crippen LogP contribution in [0.4, 0.5) is 5.13 Å². The highest BCUT2D eigenvalue weighted by Crippen LogP contribution is 2.27. The Morgan fingerprint density at radius 2 is 2.47 bits per heavy atom. The highest BCUT2D eigenvalue weighted by molar-refractivity contribution is 7.13. The zero-order chi connectivity index (χ0) is 13.9. The van der Waals surface area contributed by atoms with Crippen LogP contribution in [0.2, 0.25) is 0 Å². The molecule has 2 heterocycles. The van der Waals surface area contributed by atoms with Crippen molar-refractivity contribution in [1.29, 1.82) is 0 Å². The van der Waals surface area contributed by atoms with Crippen LogP contribution in [0.15, 0.2) is 5.38 Å². The molecule has 6 heteroatoms. The molecule has 19 heavy (non-hydrogen) atoms. The van der Waals surface area contributed by atoms with E-state index in [1.807, 2.05) is 5.38 Å². The maximum Gasteiger partial charge on any atom is 0.315 e. The number of rotatable bonds is 6. The molecular formula is C13H20N2O3S. The summed E-state index contributed by atoms with van der Waals surface area (Å²) in [6.07, 6.45) is 3.62. The molecule has 1 saturated heterocycles. The lowest BCUT2D eigenvalue weighted by Crippen LogP contribution is -2.28. The van der Waals surface area contributed by atoms with Gasteiger partial charge >= 0.3 is 5.97 Å². The van der Waals surface area contributed by atoms with E-state index in [0.717, 1.165) is 37.5 Å². The quantitative estimate of drug-likeness (QED) is 0.839. The van der Waals surface area contributed by atoms with Gasteiger partial charge in [0.15, 0.2) is 5.13 Å². The van der Waals surface area contributed by atoms with Crippen molar-refractivity contribution in [3.63, 3.8) is 0 Å². The zero-order valence-corrected chi connectivity index (χ0v) is 12.1. The summed E-state index contributed by atoms with van der Waals surface area (Å²) in [6.45, 7) is 5.02. The van der Waals surface area contributed by atoms with Crippen molar-refractivity contribution in [2.45, 2.75) is 44.6 Å². The number of ether oxygens (including phenoxy) is 1. The first-order valence-electron chi connectivity index (χ1n) is 6.55. The van der Waals surface area contributed by atoms with E-state index >= 15 is 0 Å². The van der Waals surface area contributed by atoms with Gasteiger partial charge in [-0.25, -0.2) is 4.98 Å². The SMILES string of the molecule is CC(C)(C(=O)O)c1csc(NCCC2CCCO2)n1. The number of thiazole rings is 1. The fourth-order valence-electron chi connectivity index (χ4n) is 1.96. The van der Waals surface area contributed by atoms with Gasteiger partial charge in [0.2, 0.25) is 0 Å². The van der Waals surface area contributed by atoms with Crippen LogP contribution in [0.1, 0.15) is 38.8 Å². The van der Waals surface area contributed by atoms with Gasteiger partial charge in [-0.05, 0) is 33.1 Å². The smallest absolute Gasteiger partial charge is 0.315 e. The topological polar surface area (TPSA) is 71.5 Å². The van der Waals surface area contributed by atoms with Crippen LogP contribution >= 0.6 is 11.3 Å². The van der Waals surface area contributed by atoms with E-state index in [1.54, 1.807) is 13.8 Å². The predicted molar refractivity (Wildman–Crippen MR) is 74.9 cm³/mol. The molecule has 106 valence electrons. The molecule has 1 unspecified atom stereocenters. The average Bonchev–Trinajstić information content (AvgIpc) is 2.99. The van der Waals surface area contributed by atoms with E-state index in [2.05, 4.69) is 10.3 Å². The number of aromatic nitrogens is 1. The van der Waals surface area contributed by atoms with Crippen LogP contribution in [0.3, 0.4) is 0 Å². The highest BCUT2D eigenvalue weighted by Gasteiger charge is 2.32. The molecule has 1 fully saturated rings. The Kier molecular flexibility index (Phi) is 4.42. The molecule has 2 N–H and O–H groups in total. The highest BCUT2D eigenvalue weighted by atomic mass is 32.1. The summed E-state index contributed by atoms with van der Waals surface area (Å²) in [5, 5.41) is 15.0. The first kappa shape index (κ1) is 14.3. The molecule has 0 bridgehead atoms. The number of nitrogens with one attached hydrogen (secondary N) is 1. The Morgan fingerprint density at radius 1 is 1.68 bits per heavy atom. The van der Waals surface area contributed by atoms with Crippen LogP contribution in [0.5, 0.6) is 0 Å². The van der Waals surface area contributed by atoms with Crippen molar-refractivity contribution in [2.75, 3.05) is 18.5 Å². The van der Waals surface area contributed by atoms with Gasteiger partial charge in [-0.1, -0.05) is 0 Å². The zero-order valence-electron chi connectivity index (χ0n) is 11.3. The predicted octanol–water partition coefficient (Wildman–Crippen LogP) is 2.49. The largest absolute Gasteiger partial charge is 0.481 e. The maximum absolute atomic E-state index is 11.1. The van der Waals surface area contributed by atoms with Crippen molar-refractivity contribution < 1.29 is 14.6 Å². The number of hydrogen-bond acceptors (Lipinski definition) is 5. The summed E-state index contributed by atoms with van der Waals surface area (Å²) in [7, 11) is 0. The summed E-state index contributed by atoms with van der Waals surface area (Å²) in [4.78, 5) is 15.5. The summed E-state index contributed by atoms with van der Waals surface area (Å²) in [5.74, 6) is -0.858. The Hall–Kier alpha value is -1.14. The van der Waals surface area contributed by atoms with Crippen LogP contribution in [-0.2, 0) is 14.9 Å². The second kappa shape index (κ2) is 5.88. The number of hydrogen-bond donors (Lipinski definition) is 2. The minimum atomic E-state index is -0.939. The Labute approximate surface area is 117 Å². The van der Waals surface area contributed by atoms with E-state index in [0.29, 0.717) is 11.8 Å². The molecular weight excluding hydrogens is 264 g/mol. The van der Waals surface area contributed by atoms with Crippen LogP contribution < -0.4 is 5.32 Å². The lowest BCUT2D eigenvalue weighted by molar-refractivity contribution is -0.142. The van der Waals surface area contributed by atoms with E-state index < -0.39 is 11.4 Å². The number of carboxylic acids is 1. The third-order valence-corrected chi connectivity index (χ3v) is 4.25. The van der Waals surface area contributed by atoms with E-state index in [4.69, 9.17) is 9.84 Å². The lowest BCUT2D eigenvalue weighted by atomic mass is 9.90. The van der Waals surface area contributed by atoms with Crippen LogP contribution in [-0.4, -0.2) is 35.3 Å². The molecule has 0 saturated carbocycles. The number of anilines is 1. The van der Waals surface area contributed by atoms with Gasteiger partial charge in [0.05, 0.1) is 11.8 Å². The first-order valence-corrected chi connectivity index (χ1v) is 7.43. The second-order valence-electron chi connectivity index (χ2n) is 5.32. The van der Waals surface area contributed by atoms with Gasteiger partial charge in [0.1, 0.15) is 5.41 Å². The van der Waals surface area contributed by atoms with Gasteiger partial charge < -0.3 is 15.2 Å². The third-order valence-electron chi connectivity index (χ3n) is 3.45. The molecule has 5 nitrogen and oxygen atoms in total. The molecule has 0 amide bonds. The lowest BCUT2D eigenvalue weighted by Gasteiger charge is -2.15. The number of carboxylic acid groups (broad SMARTS) is 1. The monoisotopic (exact) mass is 284 g/mol. The van der Waals surface area contributed by atoms with Gasteiger partial charge in [-0.2, -0.15) is 0 Å². The number of nitrogens with zero attached hydrogens (tertiary/aromatic N) is 1. The van der Waals surface area contributed by atoms with Gasteiger partial charge in [0.25, 0.3) is 0 Å². The third kappa shape index (κ3) is 3.45. The minimum absolute atomic E-state index is 0.363. The average molecular weight is 284 g/mol. The van der Waals surface area contributed by atoms with Crippen molar-refractivity contribution in [1.82, 2.24) is 4.98 Å². The molecule has 2 rings (SSSR count). The molecule has 1 atom stereocenters. The molecule has 0 spiro atoms. The molecule has 0 radical (unpaired) electrons. The Bertz CT molecular complexity index is 439. The van der Waals surface area contributed by atoms with Crippen molar-refractivity contribution in [3.05, 3.63) is 11.1 Å². The molecule has 0 aliphatic carbocycles. The molecule has 0 aromatic carbocycles. The van der Waals surface area contributed by atoms with Gasteiger partial charge in [0, 0.05) is 18.5 Å². The molecule has 1 aromatic heterocycles.